The van der Waals surface area contributed by atoms with Gasteiger partial charge in [0.2, 0.25) is 0 Å². The molecule has 0 nitrogen and oxygen atoms in total. The van der Waals surface area contributed by atoms with Crippen molar-refractivity contribution in [2.24, 2.45) is 0 Å². The molecule has 0 N–H and O–H groups in total. The van der Waals surface area contributed by atoms with Crippen LogP contribution in [0.1, 0.15) is 62.1 Å². The first kappa shape index (κ1) is 13.3. The summed E-state index contributed by atoms with van der Waals surface area (Å²) in [6.45, 7) is 6.67. The minimum Gasteiger partial charge on any atom is -0.0654 e. The van der Waals surface area contributed by atoms with E-state index in [1.807, 2.05) is 0 Å². The van der Waals surface area contributed by atoms with Crippen LogP contribution in [0.5, 0.6) is 0 Å². The number of benzene rings is 1. The Kier molecular flexibility index (Phi) is 6.22. The van der Waals surface area contributed by atoms with Gasteiger partial charge in [-0.1, -0.05) is 57.2 Å². The summed E-state index contributed by atoms with van der Waals surface area (Å²) < 4.78 is 0. The van der Waals surface area contributed by atoms with Crippen LogP contribution < -0.4 is 0 Å². The van der Waals surface area contributed by atoms with Crippen LogP contribution in [-0.4, -0.2) is 0 Å². The molecule has 0 aliphatic heterocycles. The maximum atomic E-state index is 2.35. The van der Waals surface area contributed by atoms with Crippen LogP contribution in [0.25, 0.3) is 0 Å². The molecule has 16 heavy (non-hydrogen) atoms. The lowest BCUT2D eigenvalue weighted by molar-refractivity contribution is 0.607. The third-order valence-electron chi connectivity index (χ3n) is 3.39. The molecule has 0 heterocycles. The Bertz CT molecular complexity index is 299. The summed E-state index contributed by atoms with van der Waals surface area (Å²) in [4.78, 5) is 0. The van der Waals surface area contributed by atoms with Crippen molar-refractivity contribution < 1.29 is 0 Å². The summed E-state index contributed by atoms with van der Waals surface area (Å²) in [6.07, 6.45) is 9.59. The molecule has 0 aromatic heterocycles. The first-order chi connectivity index (χ1) is 7.74. The summed E-state index contributed by atoms with van der Waals surface area (Å²) in [5, 5.41) is 0. The third-order valence-corrected chi connectivity index (χ3v) is 3.39. The van der Waals surface area contributed by atoms with Crippen LogP contribution in [0.3, 0.4) is 0 Å². The van der Waals surface area contributed by atoms with Crippen molar-refractivity contribution in [3.05, 3.63) is 34.9 Å². The van der Waals surface area contributed by atoms with Crippen molar-refractivity contribution in [1.29, 1.82) is 0 Å². The van der Waals surface area contributed by atoms with Gasteiger partial charge in [-0.2, -0.15) is 0 Å². The van der Waals surface area contributed by atoms with Crippen LogP contribution in [-0.2, 0) is 6.42 Å². The van der Waals surface area contributed by atoms with Gasteiger partial charge in [0.25, 0.3) is 0 Å². The van der Waals surface area contributed by atoms with Crippen molar-refractivity contribution in [1.82, 2.24) is 0 Å². The van der Waals surface area contributed by atoms with E-state index in [4.69, 9.17) is 0 Å². The molecule has 0 bridgehead atoms. The smallest absolute Gasteiger partial charge is 0.0279 e. The molecule has 0 saturated heterocycles. The first-order valence-electron chi connectivity index (χ1n) is 6.80. The second kappa shape index (κ2) is 7.49. The second-order valence-corrected chi connectivity index (χ2v) is 4.94. The normalized spacial score (nSPS) is 10.7. The van der Waals surface area contributed by atoms with Gasteiger partial charge in [0.05, 0.1) is 0 Å². The van der Waals surface area contributed by atoms with Gasteiger partial charge in [-0.05, 0) is 43.4 Å². The minimum atomic E-state index is 1.26. The number of unbranched alkanes of at least 4 members (excludes halogenated alkanes) is 5. The molecule has 0 atom stereocenters. The third kappa shape index (κ3) is 4.83. The minimum absolute atomic E-state index is 1.26. The fourth-order valence-corrected chi connectivity index (χ4v) is 2.07. The molecule has 1 rings (SSSR count). The Labute approximate surface area is 101 Å². The number of aryl methyl sites for hydroxylation is 3. The molecule has 0 saturated carbocycles. The quantitative estimate of drug-likeness (QED) is 0.551. The van der Waals surface area contributed by atoms with E-state index in [-0.39, 0.29) is 0 Å². The van der Waals surface area contributed by atoms with Gasteiger partial charge in [0.1, 0.15) is 0 Å². The van der Waals surface area contributed by atoms with Crippen molar-refractivity contribution >= 4 is 0 Å². The highest BCUT2D eigenvalue weighted by atomic mass is 14.0. The summed E-state index contributed by atoms with van der Waals surface area (Å²) in [5.41, 5.74) is 4.36. The monoisotopic (exact) mass is 218 g/mol. The molecule has 1 aromatic rings. The zero-order valence-corrected chi connectivity index (χ0v) is 11.2. The molecule has 90 valence electrons. The maximum absolute atomic E-state index is 2.35. The molecule has 0 fully saturated rings. The Morgan fingerprint density at radius 1 is 0.812 bits per heavy atom. The highest BCUT2D eigenvalue weighted by molar-refractivity contribution is 5.29. The summed E-state index contributed by atoms with van der Waals surface area (Å²) >= 11 is 0. The molecule has 0 radical (unpaired) electrons. The molecule has 0 heteroatoms. The topological polar surface area (TPSA) is 0 Å². The molecule has 0 spiro atoms. The van der Waals surface area contributed by atoms with Crippen LogP contribution >= 0.6 is 0 Å². The molecular formula is C16H26. The molecule has 0 aliphatic rings. The largest absolute Gasteiger partial charge is 0.0654 e. The van der Waals surface area contributed by atoms with Crippen LogP contribution in [0, 0.1) is 13.8 Å². The van der Waals surface area contributed by atoms with E-state index in [0.717, 1.165) is 0 Å². The van der Waals surface area contributed by atoms with Crippen molar-refractivity contribution in [3.63, 3.8) is 0 Å². The van der Waals surface area contributed by atoms with Gasteiger partial charge in [0, 0.05) is 0 Å². The lowest BCUT2D eigenvalue weighted by Gasteiger charge is -2.05. The predicted molar refractivity (Wildman–Crippen MR) is 73.0 cm³/mol. The van der Waals surface area contributed by atoms with Crippen molar-refractivity contribution in [3.8, 4) is 0 Å². The van der Waals surface area contributed by atoms with Gasteiger partial charge in [0.15, 0.2) is 0 Å². The summed E-state index contributed by atoms with van der Waals surface area (Å²) in [6, 6.07) is 6.89. The average Bonchev–Trinajstić information content (AvgIpc) is 2.28. The standard InChI is InChI=1S/C16H26/c1-4-5-6-7-8-9-10-16-12-11-14(2)15(3)13-16/h11-13H,4-10H2,1-3H3. The number of rotatable bonds is 7. The highest BCUT2D eigenvalue weighted by Gasteiger charge is 1.96. The summed E-state index contributed by atoms with van der Waals surface area (Å²) in [5.74, 6) is 0. The van der Waals surface area contributed by atoms with E-state index in [2.05, 4.69) is 39.0 Å². The zero-order chi connectivity index (χ0) is 11.8. The Hall–Kier alpha value is -0.780. The fraction of sp³-hybridized carbons (Fsp3) is 0.625. The second-order valence-electron chi connectivity index (χ2n) is 4.94. The van der Waals surface area contributed by atoms with Crippen molar-refractivity contribution in [2.45, 2.75) is 65.7 Å². The van der Waals surface area contributed by atoms with E-state index in [1.165, 1.54) is 61.6 Å². The molecule has 0 aliphatic carbocycles. The van der Waals surface area contributed by atoms with Gasteiger partial charge in [-0.3, -0.25) is 0 Å². The van der Waals surface area contributed by atoms with E-state index < -0.39 is 0 Å². The Morgan fingerprint density at radius 2 is 1.50 bits per heavy atom. The lowest BCUT2D eigenvalue weighted by atomic mass is 10.0. The maximum Gasteiger partial charge on any atom is -0.0279 e. The van der Waals surface area contributed by atoms with E-state index >= 15 is 0 Å². The predicted octanol–water partition coefficient (Wildman–Crippen LogP) is 5.21. The zero-order valence-electron chi connectivity index (χ0n) is 11.2. The van der Waals surface area contributed by atoms with Crippen LogP contribution in [0.4, 0.5) is 0 Å². The first-order valence-corrected chi connectivity index (χ1v) is 6.80. The molecule has 0 unspecified atom stereocenters. The van der Waals surface area contributed by atoms with Gasteiger partial charge >= 0.3 is 0 Å². The van der Waals surface area contributed by atoms with Crippen molar-refractivity contribution in [2.75, 3.05) is 0 Å². The Balaban J connectivity index is 2.19. The fourth-order valence-electron chi connectivity index (χ4n) is 2.07. The molecular weight excluding hydrogens is 192 g/mol. The van der Waals surface area contributed by atoms with E-state index in [1.54, 1.807) is 0 Å². The van der Waals surface area contributed by atoms with Gasteiger partial charge in [-0.15, -0.1) is 0 Å². The Morgan fingerprint density at radius 3 is 2.19 bits per heavy atom. The van der Waals surface area contributed by atoms with E-state index in [9.17, 15) is 0 Å². The SMILES string of the molecule is CCCCCCCCc1ccc(C)c(C)c1. The van der Waals surface area contributed by atoms with Crippen LogP contribution in [0.15, 0.2) is 18.2 Å². The number of hydrogen-bond acceptors (Lipinski definition) is 0. The van der Waals surface area contributed by atoms with Gasteiger partial charge < -0.3 is 0 Å². The highest BCUT2D eigenvalue weighted by Crippen LogP contribution is 2.13. The van der Waals surface area contributed by atoms with Crippen LogP contribution in [0.2, 0.25) is 0 Å². The number of hydrogen-bond donors (Lipinski definition) is 0. The molecule has 1 aromatic carbocycles. The lowest BCUT2D eigenvalue weighted by Crippen LogP contribution is -1.89. The molecule has 0 amide bonds. The van der Waals surface area contributed by atoms with E-state index in [0.29, 0.717) is 0 Å². The van der Waals surface area contributed by atoms with Gasteiger partial charge in [-0.25, -0.2) is 0 Å². The summed E-state index contributed by atoms with van der Waals surface area (Å²) in [7, 11) is 0. The average molecular weight is 218 g/mol.